The average molecular weight is 361 g/mol. The number of fused-ring (bicyclic) bond motifs is 1. The Kier molecular flexibility index (Phi) is 4.87. The normalized spacial score (nSPS) is 13.5. The highest BCUT2D eigenvalue weighted by Crippen LogP contribution is 2.24. The molecule has 27 heavy (non-hydrogen) atoms. The van der Waals surface area contributed by atoms with E-state index in [9.17, 15) is 4.79 Å². The summed E-state index contributed by atoms with van der Waals surface area (Å²) in [6.45, 7) is 2.96. The molecule has 0 bridgehead atoms. The Hall–Kier alpha value is -3.15. The maximum Gasteiger partial charge on any atom is 0.323 e. The van der Waals surface area contributed by atoms with Crippen LogP contribution in [-0.2, 0) is 13.0 Å². The summed E-state index contributed by atoms with van der Waals surface area (Å²) < 4.78 is 2.22. The number of hydrogen-bond donors (Lipinski definition) is 2. The quantitative estimate of drug-likeness (QED) is 0.715. The summed E-state index contributed by atoms with van der Waals surface area (Å²) in [6, 6.07) is 15.2. The van der Waals surface area contributed by atoms with Gasteiger partial charge in [-0.1, -0.05) is 18.6 Å². The van der Waals surface area contributed by atoms with E-state index in [1.54, 1.807) is 0 Å². The van der Waals surface area contributed by atoms with Crippen LogP contribution < -0.4 is 10.6 Å². The van der Waals surface area contributed by atoms with Gasteiger partial charge in [0.05, 0.1) is 0 Å². The summed E-state index contributed by atoms with van der Waals surface area (Å²) in [5.74, 6) is 1.98. The number of hydrogen-bond acceptors (Lipinski definition) is 3. The molecule has 2 N–H and O–H groups in total. The number of carbonyl (C=O) groups excluding carboxylic acids is 1. The van der Waals surface area contributed by atoms with E-state index in [0.29, 0.717) is 0 Å². The van der Waals surface area contributed by atoms with E-state index in [1.807, 2.05) is 55.5 Å². The highest BCUT2D eigenvalue weighted by molar-refractivity contribution is 5.99. The molecule has 2 amide bonds. The SMILES string of the molecule is Cc1cccc(NC(=O)Nc2ccc(-c3nnc4n3CCCCC4)cc2)c1. The number of benzene rings is 2. The highest BCUT2D eigenvalue weighted by Gasteiger charge is 2.16. The lowest BCUT2D eigenvalue weighted by molar-refractivity contribution is 0.262. The first-order chi connectivity index (χ1) is 13.2. The van der Waals surface area contributed by atoms with E-state index in [-0.39, 0.29) is 6.03 Å². The molecule has 0 atom stereocenters. The van der Waals surface area contributed by atoms with Crippen molar-refractivity contribution in [2.45, 2.75) is 39.2 Å². The Morgan fingerprint density at radius 2 is 1.78 bits per heavy atom. The van der Waals surface area contributed by atoms with Crippen LogP contribution in [0.4, 0.5) is 16.2 Å². The van der Waals surface area contributed by atoms with Gasteiger partial charge < -0.3 is 15.2 Å². The Morgan fingerprint density at radius 3 is 2.59 bits per heavy atom. The summed E-state index contributed by atoms with van der Waals surface area (Å²) in [6.07, 6.45) is 4.57. The van der Waals surface area contributed by atoms with Crippen molar-refractivity contribution in [2.75, 3.05) is 10.6 Å². The van der Waals surface area contributed by atoms with Crippen LogP contribution in [0, 0.1) is 6.92 Å². The van der Waals surface area contributed by atoms with Crippen molar-refractivity contribution in [2.24, 2.45) is 0 Å². The molecule has 2 heterocycles. The number of carbonyl (C=O) groups is 1. The first kappa shape index (κ1) is 17.3. The molecule has 4 rings (SSSR count). The maximum absolute atomic E-state index is 12.2. The molecule has 1 aliphatic heterocycles. The van der Waals surface area contributed by atoms with Gasteiger partial charge in [0.25, 0.3) is 0 Å². The van der Waals surface area contributed by atoms with Crippen LogP contribution in [-0.4, -0.2) is 20.8 Å². The number of amides is 2. The number of anilines is 2. The Morgan fingerprint density at radius 1 is 0.963 bits per heavy atom. The van der Waals surface area contributed by atoms with Crippen LogP contribution in [0.15, 0.2) is 48.5 Å². The number of urea groups is 1. The molecule has 3 aromatic rings. The fourth-order valence-corrected chi connectivity index (χ4v) is 3.42. The van der Waals surface area contributed by atoms with Gasteiger partial charge in [-0.25, -0.2) is 4.79 Å². The molecule has 0 saturated heterocycles. The van der Waals surface area contributed by atoms with E-state index >= 15 is 0 Å². The van der Waals surface area contributed by atoms with Crippen LogP contribution in [0.25, 0.3) is 11.4 Å². The smallest absolute Gasteiger partial charge is 0.311 e. The third kappa shape index (κ3) is 4.00. The molecule has 6 nitrogen and oxygen atoms in total. The van der Waals surface area contributed by atoms with E-state index in [4.69, 9.17) is 0 Å². The minimum absolute atomic E-state index is 0.260. The van der Waals surface area contributed by atoms with Gasteiger partial charge in [-0.05, 0) is 61.7 Å². The fraction of sp³-hybridized carbons (Fsp3) is 0.286. The molecule has 0 aliphatic carbocycles. The van der Waals surface area contributed by atoms with Gasteiger partial charge in [0.15, 0.2) is 5.82 Å². The standard InChI is InChI=1S/C21H23N5O/c1-15-6-5-7-18(14-15)23-21(27)22-17-11-9-16(10-12-17)20-25-24-19-8-3-2-4-13-26(19)20/h5-7,9-12,14H,2-4,8,13H2,1H3,(H2,22,23,27). The average Bonchev–Trinajstić information content (AvgIpc) is 2.90. The Balaban J connectivity index is 1.45. The molecule has 138 valence electrons. The van der Waals surface area contributed by atoms with Gasteiger partial charge in [0.2, 0.25) is 0 Å². The Labute approximate surface area is 158 Å². The number of aryl methyl sites for hydroxylation is 2. The van der Waals surface area contributed by atoms with Crippen molar-refractivity contribution in [1.29, 1.82) is 0 Å². The zero-order chi connectivity index (χ0) is 18.6. The zero-order valence-electron chi connectivity index (χ0n) is 15.4. The summed E-state index contributed by atoms with van der Waals surface area (Å²) >= 11 is 0. The molecule has 0 fully saturated rings. The molecule has 0 radical (unpaired) electrons. The predicted octanol–water partition coefficient (Wildman–Crippen LogP) is 4.62. The highest BCUT2D eigenvalue weighted by atomic mass is 16.2. The third-order valence-electron chi connectivity index (χ3n) is 4.79. The molecule has 0 unspecified atom stereocenters. The van der Waals surface area contributed by atoms with E-state index in [1.165, 1.54) is 12.8 Å². The second kappa shape index (κ2) is 7.61. The third-order valence-corrected chi connectivity index (χ3v) is 4.79. The van der Waals surface area contributed by atoms with Crippen molar-refractivity contribution in [3.8, 4) is 11.4 Å². The van der Waals surface area contributed by atoms with Crippen LogP contribution in [0.3, 0.4) is 0 Å². The van der Waals surface area contributed by atoms with Gasteiger partial charge in [-0.15, -0.1) is 10.2 Å². The summed E-state index contributed by atoms with van der Waals surface area (Å²) in [4.78, 5) is 12.2. The topological polar surface area (TPSA) is 71.8 Å². The monoisotopic (exact) mass is 361 g/mol. The van der Waals surface area contributed by atoms with Crippen molar-refractivity contribution in [1.82, 2.24) is 14.8 Å². The van der Waals surface area contributed by atoms with Gasteiger partial charge in [0, 0.05) is 29.9 Å². The first-order valence-corrected chi connectivity index (χ1v) is 9.36. The summed E-state index contributed by atoms with van der Waals surface area (Å²) in [5.41, 5.74) is 3.62. The lowest BCUT2D eigenvalue weighted by atomic mass is 10.2. The Bertz CT molecular complexity index is 945. The molecule has 1 aliphatic rings. The van der Waals surface area contributed by atoms with Crippen molar-refractivity contribution >= 4 is 17.4 Å². The zero-order valence-corrected chi connectivity index (χ0v) is 15.4. The molecular formula is C21H23N5O. The maximum atomic E-state index is 12.2. The van der Waals surface area contributed by atoms with Gasteiger partial charge in [-0.2, -0.15) is 0 Å². The largest absolute Gasteiger partial charge is 0.323 e. The molecule has 1 aromatic heterocycles. The summed E-state index contributed by atoms with van der Waals surface area (Å²) in [7, 11) is 0. The van der Waals surface area contributed by atoms with Crippen LogP contribution in [0.5, 0.6) is 0 Å². The van der Waals surface area contributed by atoms with Gasteiger partial charge in [0.1, 0.15) is 5.82 Å². The number of nitrogens with one attached hydrogen (secondary N) is 2. The van der Waals surface area contributed by atoms with Crippen LogP contribution >= 0.6 is 0 Å². The van der Waals surface area contributed by atoms with Crippen LogP contribution in [0.1, 0.15) is 30.7 Å². The second-order valence-corrected chi connectivity index (χ2v) is 6.93. The summed E-state index contributed by atoms with van der Waals surface area (Å²) in [5, 5.41) is 14.4. The van der Waals surface area contributed by atoms with Crippen molar-refractivity contribution in [3.05, 3.63) is 59.9 Å². The minimum Gasteiger partial charge on any atom is -0.311 e. The molecule has 0 saturated carbocycles. The van der Waals surface area contributed by atoms with E-state index in [2.05, 4.69) is 25.4 Å². The number of nitrogens with zero attached hydrogens (tertiary/aromatic N) is 3. The number of rotatable bonds is 3. The van der Waals surface area contributed by atoms with Gasteiger partial charge >= 0.3 is 6.03 Å². The van der Waals surface area contributed by atoms with Crippen molar-refractivity contribution in [3.63, 3.8) is 0 Å². The molecule has 6 heteroatoms. The first-order valence-electron chi connectivity index (χ1n) is 9.36. The number of aromatic nitrogens is 3. The second-order valence-electron chi connectivity index (χ2n) is 6.93. The predicted molar refractivity (Wildman–Crippen MR) is 107 cm³/mol. The van der Waals surface area contributed by atoms with E-state index < -0.39 is 0 Å². The fourth-order valence-electron chi connectivity index (χ4n) is 3.42. The van der Waals surface area contributed by atoms with Gasteiger partial charge in [-0.3, -0.25) is 0 Å². The molecule has 2 aromatic carbocycles. The van der Waals surface area contributed by atoms with E-state index in [0.717, 1.165) is 53.5 Å². The lowest BCUT2D eigenvalue weighted by Gasteiger charge is -2.10. The molecule has 0 spiro atoms. The van der Waals surface area contributed by atoms with Crippen molar-refractivity contribution < 1.29 is 4.79 Å². The molecular weight excluding hydrogens is 338 g/mol. The lowest BCUT2D eigenvalue weighted by Crippen LogP contribution is -2.19. The van der Waals surface area contributed by atoms with Crippen LogP contribution in [0.2, 0.25) is 0 Å². The minimum atomic E-state index is -0.260.